The first kappa shape index (κ1) is 12.8. The van der Waals surface area contributed by atoms with Gasteiger partial charge in [0.1, 0.15) is 0 Å². The van der Waals surface area contributed by atoms with Crippen LogP contribution in [0.25, 0.3) is 0 Å². The Morgan fingerprint density at radius 3 is 2.75 bits per heavy atom. The zero-order valence-corrected chi connectivity index (χ0v) is 11.1. The number of halogens is 1. The summed E-state index contributed by atoms with van der Waals surface area (Å²) in [6, 6.07) is 5.22. The summed E-state index contributed by atoms with van der Waals surface area (Å²) in [5.41, 5.74) is 0.476. The van der Waals surface area contributed by atoms with E-state index in [1.165, 1.54) is 6.92 Å². The minimum atomic E-state index is -0.413. The average Bonchev–Trinajstić information content (AvgIpc) is 2.22. The molecule has 1 aromatic carbocycles. The molecular weight excluding hydrogens is 321 g/mol. The third-order valence-electron chi connectivity index (χ3n) is 1.68. The number of esters is 1. The van der Waals surface area contributed by atoms with Crippen molar-refractivity contribution < 1.29 is 14.3 Å². The maximum absolute atomic E-state index is 10.9. The minimum Gasteiger partial charge on any atom is -0.490 e. The summed E-state index contributed by atoms with van der Waals surface area (Å²) < 4.78 is 11.1. The lowest BCUT2D eigenvalue weighted by Crippen LogP contribution is -2.06. The Morgan fingerprint density at radius 1 is 1.56 bits per heavy atom. The number of hydrogen-bond acceptors (Lipinski definition) is 4. The lowest BCUT2D eigenvalue weighted by molar-refractivity contribution is -0.132. The monoisotopic (exact) mass is 331 g/mol. The third kappa shape index (κ3) is 3.10. The number of nitrogens with zero attached hydrogens (tertiary/aromatic N) is 1. The van der Waals surface area contributed by atoms with Crippen LogP contribution in [0, 0.1) is 14.9 Å². The zero-order chi connectivity index (χ0) is 12.1. The molecule has 0 heterocycles. The normalized spacial score (nSPS) is 9.38. The van der Waals surface area contributed by atoms with Crippen molar-refractivity contribution >= 4 is 28.6 Å². The average molecular weight is 331 g/mol. The van der Waals surface area contributed by atoms with E-state index in [0.29, 0.717) is 27.2 Å². The molecule has 5 heteroatoms. The smallest absolute Gasteiger partial charge is 0.308 e. The van der Waals surface area contributed by atoms with Crippen molar-refractivity contribution in [3.05, 3.63) is 21.3 Å². The molecule has 0 saturated heterocycles. The van der Waals surface area contributed by atoms with Crippen LogP contribution in [0.4, 0.5) is 0 Å². The van der Waals surface area contributed by atoms with Gasteiger partial charge >= 0.3 is 5.97 Å². The molecule has 0 radical (unpaired) electrons. The van der Waals surface area contributed by atoms with Crippen LogP contribution in [0.3, 0.4) is 0 Å². The molecule has 0 fully saturated rings. The molecule has 0 aromatic heterocycles. The van der Waals surface area contributed by atoms with Gasteiger partial charge in [-0.1, -0.05) is 0 Å². The van der Waals surface area contributed by atoms with Crippen LogP contribution in [0.1, 0.15) is 19.4 Å². The number of carbonyl (C=O) groups excluding carboxylic acids is 1. The van der Waals surface area contributed by atoms with Gasteiger partial charge in [0, 0.05) is 13.0 Å². The fraction of sp³-hybridized carbons (Fsp3) is 0.273. The van der Waals surface area contributed by atoms with Crippen LogP contribution in [-0.2, 0) is 4.79 Å². The van der Waals surface area contributed by atoms with Crippen molar-refractivity contribution in [2.24, 2.45) is 0 Å². The van der Waals surface area contributed by atoms with Gasteiger partial charge in [0.25, 0.3) is 0 Å². The highest BCUT2D eigenvalue weighted by Crippen LogP contribution is 2.34. The lowest BCUT2D eigenvalue weighted by atomic mass is 10.2. The summed E-state index contributed by atoms with van der Waals surface area (Å²) >= 11 is 2.00. The first-order chi connectivity index (χ1) is 7.58. The van der Waals surface area contributed by atoms with E-state index in [-0.39, 0.29) is 0 Å². The molecule has 0 aliphatic rings. The molecule has 0 unspecified atom stereocenters. The molecule has 0 bridgehead atoms. The molecule has 1 aromatic rings. The molecule has 0 spiro atoms. The maximum atomic E-state index is 10.9. The highest BCUT2D eigenvalue weighted by molar-refractivity contribution is 14.1. The Kier molecular flexibility index (Phi) is 4.55. The highest BCUT2D eigenvalue weighted by Gasteiger charge is 2.13. The van der Waals surface area contributed by atoms with E-state index in [4.69, 9.17) is 14.7 Å². The molecule has 4 nitrogen and oxygen atoms in total. The van der Waals surface area contributed by atoms with E-state index in [1.807, 2.05) is 35.6 Å². The lowest BCUT2D eigenvalue weighted by Gasteiger charge is -2.11. The first-order valence-electron chi connectivity index (χ1n) is 4.63. The van der Waals surface area contributed by atoms with Gasteiger partial charge in [-0.2, -0.15) is 5.26 Å². The first-order valence-corrected chi connectivity index (χ1v) is 5.71. The van der Waals surface area contributed by atoms with Gasteiger partial charge in [-0.05, 0) is 35.6 Å². The largest absolute Gasteiger partial charge is 0.490 e. The fourth-order valence-electron chi connectivity index (χ4n) is 1.14. The molecule has 0 atom stereocenters. The molecule has 0 amide bonds. The van der Waals surface area contributed by atoms with E-state index in [2.05, 4.69) is 0 Å². The summed E-state index contributed by atoms with van der Waals surface area (Å²) in [7, 11) is 0. The van der Waals surface area contributed by atoms with E-state index in [9.17, 15) is 4.79 Å². The van der Waals surface area contributed by atoms with E-state index in [1.54, 1.807) is 12.1 Å². The standard InChI is InChI=1S/C11H10INO3/c1-3-15-10-5-8(6-13)4-9(12)11(10)16-7(2)14/h4-5H,3H2,1-2H3. The van der Waals surface area contributed by atoms with Gasteiger partial charge in [-0.25, -0.2) is 0 Å². The summed E-state index contributed by atoms with van der Waals surface area (Å²) in [6.07, 6.45) is 0. The van der Waals surface area contributed by atoms with Gasteiger partial charge in [-0.15, -0.1) is 0 Å². The number of carbonyl (C=O) groups is 1. The van der Waals surface area contributed by atoms with Gasteiger partial charge in [0.15, 0.2) is 11.5 Å². The van der Waals surface area contributed by atoms with Gasteiger partial charge in [0.05, 0.1) is 21.8 Å². The van der Waals surface area contributed by atoms with Crippen molar-refractivity contribution in [1.29, 1.82) is 5.26 Å². The number of rotatable bonds is 3. The Hall–Kier alpha value is -1.29. The topological polar surface area (TPSA) is 59.3 Å². The zero-order valence-electron chi connectivity index (χ0n) is 8.91. The summed E-state index contributed by atoms with van der Waals surface area (Å²) in [5.74, 6) is 0.374. The SMILES string of the molecule is CCOc1cc(C#N)cc(I)c1OC(C)=O. The molecule has 16 heavy (non-hydrogen) atoms. The number of nitriles is 1. The van der Waals surface area contributed by atoms with Crippen LogP contribution in [0.15, 0.2) is 12.1 Å². The number of hydrogen-bond donors (Lipinski definition) is 0. The second-order valence-corrected chi connectivity index (χ2v) is 4.09. The molecule has 0 saturated carbocycles. The predicted molar refractivity (Wildman–Crippen MR) is 66.4 cm³/mol. The Labute approximate surface area is 107 Å². The van der Waals surface area contributed by atoms with Crippen LogP contribution in [0.2, 0.25) is 0 Å². The van der Waals surface area contributed by atoms with E-state index < -0.39 is 5.97 Å². The summed E-state index contributed by atoms with van der Waals surface area (Å²) in [4.78, 5) is 10.9. The number of ether oxygens (including phenoxy) is 2. The Morgan fingerprint density at radius 2 is 2.25 bits per heavy atom. The Bertz CT molecular complexity index is 451. The summed E-state index contributed by atoms with van der Waals surface area (Å²) in [5, 5.41) is 8.81. The molecular formula is C11H10INO3. The van der Waals surface area contributed by atoms with Crippen molar-refractivity contribution in [3.8, 4) is 17.6 Å². The van der Waals surface area contributed by atoms with E-state index in [0.717, 1.165) is 0 Å². The molecule has 84 valence electrons. The van der Waals surface area contributed by atoms with Crippen molar-refractivity contribution in [2.75, 3.05) is 6.61 Å². The maximum Gasteiger partial charge on any atom is 0.308 e. The fourth-order valence-corrected chi connectivity index (χ4v) is 1.85. The van der Waals surface area contributed by atoms with E-state index >= 15 is 0 Å². The minimum absolute atomic E-state index is 0.369. The van der Waals surface area contributed by atoms with Crippen molar-refractivity contribution in [1.82, 2.24) is 0 Å². The Balaban J connectivity index is 3.23. The predicted octanol–water partition coefficient (Wildman–Crippen LogP) is 2.49. The molecule has 0 aliphatic carbocycles. The second-order valence-electron chi connectivity index (χ2n) is 2.92. The molecule has 0 aliphatic heterocycles. The van der Waals surface area contributed by atoms with Crippen molar-refractivity contribution in [2.45, 2.75) is 13.8 Å². The van der Waals surface area contributed by atoms with Crippen molar-refractivity contribution in [3.63, 3.8) is 0 Å². The van der Waals surface area contributed by atoms with Gasteiger partial charge < -0.3 is 9.47 Å². The van der Waals surface area contributed by atoms with Crippen LogP contribution in [-0.4, -0.2) is 12.6 Å². The van der Waals surface area contributed by atoms with Gasteiger partial charge in [0.2, 0.25) is 0 Å². The third-order valence-corrected chi connectivity index (χ3v) is 2.49. The highest BCUT2D eigenvalue weighted by atomic mass is 127. The molecule has 1 rings (SSSR count). The second kappa shape index (κ2) is 5.70. The van der Waals surface area contributed by atoms with Crippen LogP contribution in [0.5, 0.6) is 11.5 Å². The number of benzene rings is 1. The van der Waals surface area contributed by atoms with Crippen LogP contribution < -0.4 is 9.47 Å². The quantitative estimate of drug-likeness (QED) is 0.485. The summed E-state index contributed by atoms with van der Waals surface area (Å²) in [6.45, 7) is 3.59. The molecule has 0 N–H and O–H groups in total. The van der Waals surface area contributed by atoms with Crippen LogP contribution >= 0.6 is 22.6 Å². The van der Waals surface area contributed by atoms with Gasteiger partial charge in [-0.3, -0.25) is 4.79 Å².